The van der Waals surface area contributed by atoms with Crippen molar-refractivity contribution in [3.05, 3.63) is 60.2 Å². The number of carbonyl (C=O) groups is 1. The average Bonchev–Trinajstić information content (AvgIpc) is 2.81. The number of para-hydroxylation sites is 1. The number of halogens is 2. The van der Waals surface area contributed by atoms with E-state index in [0.717, 1.165) is 5.52 Å². The van der Waals surface area contributed by atoms with Gasteiger partial charge in [-0.2, -0.15) is 4.57 Å². The van der Waals surface area contributed by atoms with Crippen LogP contribution >= 0.6 is 10.7 Å². The molecule has 0 saturated heterocycles. The lowest BCUT2D eigenvalue weighted by molar-refractivity contribution is -0.617. The van der Waals surface area contributed by atoms with Gasteiger partial charge in [0.2, 0.25) is 11.0 Å². The number of aromatic nitrogens is 1. The summed E-state index contributed by atoms with van der Waals surface area (Å²) in [7, 11) is 0.683. The van der Waals surface area contributed by atoms with Crippen molar-refractivity contribution in [2.45, 2.75) is 4.90 Å². The van der Waals surface area contributed by atoms with Crippen LogP contribution in [0.4, 0.5) is 3.89 Å². The first-order valence-electron chi connectivity index (χ1n) is 10.1. The second kappa shape index (κ2) is 10.5. The Hall–Kier alpha value is -3.52. The minimum atomic E-state index is -5.42. The Labute approximate surface area is 215 Å². The number of aryl methyl sites for hydroxylation is 1. The molecule has 4 rings (SSSR count). The quantitative estimate of drug-likeness (QED) is 0.164. The van der Waals surface area contributed by atoms with Crippen LogP contribution in [0, 0.1) is 0 Å². The smallest absolute Gasteiger partial charge is 0.337 e. The van der Waals surface area contributed by atoms with Gasteiger partial charge in [0.25, 0.3) is 19.6 Å². The molecule has 10 nitrogen and oxygen atoms in total. The molecule has 0 aliphatic rings. The van der Waals surface area contributed by atoms with Gasteiger partial charge in [0.1, 0.15) is 23.4 Å². The number of carboxylic acids is 1. The Balaban J connectivity index is 0.000000695. The van der Waals surface area contributed by atoms with E-state index in [-0.39, 0.29) is 16.2 Å². The van der Waals surface area contributed by atoms with E-state index < -0.39 is 25.5 Å². The Morgan fingerprint density at radius 2 is 1.57 bits per heavy atom. The zero-order chi connectivity index (χ0) is 27.7. The summed E-state index contributed by atoms with van der Waals surface area (Å²) in [6.45, 7) is 0. The van der Waals surface area contributed by atoms with E-state index in [2.05, 4.69) is 0 Å². The fraction of sp³-hybridized carbons (Fsp3) is 0.130. The molecule has 14 heteroatoms. The summed E-state index contributed by atoms with van der Waals surface area (Å²) in [5.41, 5.74) is 2.21. The van der Waals surface area contributed by atoms with Gasteiger partial charge >= 0.3 is 5.97 Å². The van der Waals surface area contributed by atoms with Crippen LogP contribution in [0.15, 0.2) is 59.5 Å². The van der Waals surface area contributed by atoms with Crippen molar-refractivity contribution in [2.75, 3.05) is 14.2 Å². The molecule has 0 atom stereocenters. The van der Waals surface area contributed by atoms with Crippen LogP contribution in [0.1, 0.15) is 10.4 Å². The number of methoxy groups -OCH3 is 2. The molecule has 1 heterocycles. The van der Waals surface area contributed by atoms with Crippen molar-refractivity contribution < 1.29 is 49.2 Å². The molecule has 1 N–H and O–H groups in total. The van der Waals surface area contributed by atoms with Crippen molar-refractivity contribution in [2.24, 2.45) is 7.05 Å². The lowest BCUT2D eigenvalue weighted by Crippen LogP contribution is -2.31. The Morgan fingerprint density at radius 1 is 0.973 bits per heavy atom. The van der Waals surface area contributed by atoms with Gasteiger partial charge < -0.3 is 19.1 Å². The van der Waals surface area contributed by atoms with E-state index in [0.29, 0.717) is 33.2 Å². The third kappa shape index (κ3) is 5.74. The number of hydrogen-bond donors (Lipinski definition) is 1. The second-order valence-electron chi connectivity index (χ2n) is 7.46. The van der Waals surface area contributed by atoms with Gasteiger partial charge in [0.05, 0.1) is 36.1 Å². The van der Waals surface area contributed by atoms with Crippen molar-refractivity contribution >= 4 is 58.0 Å². The molecule has 0 aliphatic carbocycles. The molecular weight excluding hydrogens is 553 g/mol. The lowest BCUT2D eigenvalue weighted by atomic mass is 9.93. The van der Waals surface area contributed by atoms with Gasteiger partial charge in [0.15, 0.2) is 0 Å². The van der Waals surface area contributed by atoms with Crippen LogP contribution in [0.5, 0.6) is 11.5 Å². The summed E-state index contributed by atoms with van der Waals surface area (Å²) in [6.07, 6.45) is 0. The molecule has 0 aliphatic heterocycles. The molecule has 3 aromatic carbocycles. The predicted molar refractivity (Wildman–Crippen MR) is 132 cm³/mol. The van der Waals surface area contributed by atoms with Gasteiger partial charge in [-0.1, -0.05) is 24.3 Å². The van der Waals surface area contributed by atoms with Crippen molar-refractivity contribution in [3.63, 3.8) is 0 Å². The minimum absolute atomic E-state index is 0.0287. The molecule has 0 saturated carbocycles. The maximum absolute atomic E-state index is 12.5. The maximum Gasteiger partial charge on any atom is 0.337 e. The number of pyridine rings is 1. The first-order valence-corrected chi connectivity index (χ1v) is 13.7. The van der Waals surface area contributed by atoms with Gasteiger partial charge in [-0.3, -0.25) is 0 Å². The number of hydrogen-bond acceptors (Lipinski definition) is 8. The highest BCUT2D eigenvalue weighted by molar-refractivity contribution is 8.13. The highest BCUT2D eigenvalue weighted by Gasteiger charge is 2.29. The lowest BCUT2D eigenvalue weighted by Gasteiger charge is -2.18. The highest BCUT2D eigenvalue weighted by Crippen LogP contribution is 2.46. The number of rotatable bonds is 5. The number of benzene rings is 3. The van der Waals surface area contributed by atoms with Crippen molar-refractivity contribution in [3.8, 4) is 22.6 Å². The number of fused-ring (bicyclic) bond motifs is 2. The summed E-state index contributed by atoms with van der Waals surface area (Å²) >= 11 is 0. The monoisotopic (exact) mass is 571 g/mol. The van der Waals surface area contributed by atoms with E-state index >= 15 is 0 Å². The van der Waals surface area contributed by atoms with E-state index in [9.17, 15) is 22.2 Å². The number of nitrogens with zero attached hydrogens (tertiary/aromatic N) is 1. The topological polar surface area (TPSA) is 151 Å². The molecule has 37 heavy (non-hydrogen) atoms. The maximum atomic E-state index is 12.5. The van der Waals surface area contributed by atoms with E-state index in [1.165, 1.54) is 26.4 Å². The summed E-state index contributed by atoms with van der Waals surface area (Å²) < 4.78 is 72.6. The van der Waals surface area contributed by atoms with Crippen molar-refractivity contribution in [1.82, 2.24) is 0 Å². The summed E-state index contributed by atoms with van der Waals surface area (Å²) in [4.78, 5) is 12.2. The molecule has 0 radical (unpaired) electrons. The molecule has 4 aromatic rings. The molecular formula is C23H19ClFNO9S2. The summed E-state index contributed by atoms with van der Waals surface area (Å²) in [5.74, 6) is -0.831. The van der Waals surface area contributed by atoms with Crippen LogP contribution in [0.2, 0.25) is 0 Å². The van der Waals surface area contributed by atoms with Crippen LogP contribution in [-0.4, -0.2) is 46.7 Å². The number of carboxylic acid groups (broad SMARTS) is 1. The van der Waals surface area contributed by atoms with Gasteiger partial charge in [-0.15, -0.1) is 3.89 Å². The summed E-state index contributed by atoms with van der Waals surface area (Å²) in [5, 5.41) is 11.2. The molecule has 0 unspecified atom stereocenters. The van der Waals surface area contributed by atoms with Gasteiger partial charge in [-0.05, 0) is 18.2 Å². The molecule has 0 spiro atoms. The van der Waals surface area contributed by atoms with Gasteiger partial charge in [0, 0.05) is 28.4 Å². The van der Waals surface area contributed by atoms with Crippen molar-refractivity contribution in [1.29, 1.82) is 0 Å². The van der Waals surface area contributed by atoms with E-state index in [4.69, 9.17) is 33.1 Å². The molecule has 1 aromatic heterocycles. The minimum Gasteiger partial charge on any atom is -0.722 e. The molecule has 196 valence electrons. The third-order valence-electron chi connectivity index (χ3n) is 5.44. The average molecular weight is 572 g/mol. The van der Waals surface area contributed by atoms with Gasteiger partial charge in [-0.25, -0.2) is 21.6 Å². The van der Waals surface area contributed by atoms with E-state index in [1.54, 1.807) is 30.3 Å². The molecule has 0 fully saturated rings. The Kier molecular flexibility index (Phi) is 7.93. The number of aromatic carboxylic acids is 1. The Morgan fingerprint density at radius 3 is 2.11 bits per heavy atom. The standard InChI is InChI=1S/C23H18ClNO6S.FHO3S/c1-25-15-9-5-4-7-13(15)21(23(26)27)19-14(8-6-10-16(19)25)20-17(30-2)11-12-18(22(20)31-3)32(24,28)29;1-5(2,3)4/h4-12H,1-3H3;(H,2,3,4). The molecule has 0 amide bonds. The fourth-order valence-corrected chi connectivity index (χ4v) is 5.12. The normalized spacial score (nSPS) is 11.6. The van der Waals surface area contributed by atoms with Crippen LogP contribution in [-0.2, 0) is 26.6 Å². The SMILES string of the molecule is COc1ccc(S(=O)(=O)Cl)c(OC)c1-c1cccc2c1c(C(=O)O)c1ccccc1[n+]2C.O=S(=O)([O-])F. The highest BCUT2D eigenvalue weighted by atomic mass is 35.7. The molecule has 0 bridgehead atoms. The van der Waals surface area contributed by atoms with Crippen LogP contribution in [0.25, 0.3) is 32.9 Å². The summed E-state index contributed by atoms with van der Waals surface area (Å²) in [6, 6.07) is 15.2. The van der Waals surface area contributed by atoms with E-state index in [1.807, 2.05) is 23.7 Å². The van der Waals surface area contributed by atoms with Crippen LogP contribution < -0.4 is 14.0 Å². The zero-order valence-corrected chi connectivity index (χ0v) is 21.8. The fourth-order valence-electron chi connectivity index (χ4n) is 4.12. The number of ether oxygens (including phenoxy) is 2. The predicted octanol–water partition coefficient (Wildman–Crippen LogP) is 3.54. The largest absolute Gasteiger partial charge is 0.722 e. The van der Waals surface area contributed by atoms with Crippen LogP contribution in [0.3, 0.4) is 0 Å². The zero-order valence-electron chi connectivity index (χ0n) is 19.4. The second-order valence-corrected chi connectivity index (χ2v) is 10.8. The first kappa shape index (κ1) is 28.1. The first-order chi connectivity index (χ1) is 17.2. The Bertz CT molecular complexity index is 1750. The third-order valence-corrected chi connectivity index (χ3v) is 6.79.